The molecule has 0 atom stereocenters. The van der Waals surface area contributed by atoms with Crippen LogP contribution >= 0.6 is 0 Å². The number of allylic oxidation sites excluding steroid dienone is 2. The summed E-state index contributed by atoms with van der Waals surface area (Å²) in [6.07, 6.45) is 6.13. The molecule has 0 aliphatic heterocycles. The van der Waals surface area contributed by atoms with Gasteiger partial charge in [-0.3, -0.25) is 0 Å². The van der Waals surface area contributed by atoms with Gasteiger partial charge in [-0.25, -0.2) is 9.59 Å². The molecule has 4 nitrogen and oxygen atoms in total. The number of aliphatic carboxylic acids is 2. The van der Waals surface area contributed by atoms with Gasteiger partial charge >= 0.3 is 11.9 Å². The summed E-state index contributed by atoms with van der Waals surface area (Å²) in [5.41, 5.74) is 4.95. The third-order valence-electron chi connectivity index (χ3n) is 6.07. The van der Waals surface area contributed by atoms with Crippen LogP contribution in [-0.4, -0.2) is 22.2 Å². The van der Waals surface area contributed by atoms with Crippen LogP contribution in [0, 0.1) is 0 Å². The fourth-order valence-corrected chi connectivity index (χ4v) is 4.54. The summed E-state index contributed by atoms with van der Waals surface area (Å²) in [5.74, 6) is -1.67. The SMILES string of the molecule is CC1(c2ccccc2)CC(=CC(=O)O)C1.CC1(c2ccccc2)CC(=CC(=O)O)C1. The molecule has 0 heterocycles. The van der Waals surface area contributed by atoms with Crippen molar-refractivity contribution in [3.63, 3.8) is 0 Å². The molecule has 4 heteroatoms. The van der Waals surface area contributed by atoms with Crippen LogP contribution in [0.1, 0.15) is 50.7 Å². The van der Waals surface area contributed by atoms with E-state index in [0.29, 0.717) is 0 Å². The first kappa shape index (κ1) is 21.6. The van der Waals surface area contributed by atoms with Gasteiger partial charge in [0.15, 0.2) is 0 Å². The van der Waals surface area contributed by atoms with Crippen molar-refractivity contribution < 1.29 is 19.8 Å². The maximum absolute atomic E-state index is 10.5. The number of carboxylic acid groups (broad SMARTS) is 2. The number of rotatable bonds is 4. The lowest BCUT2D eigenvalue weighted by molar-refractivity contribution is -0.132. The highest BCUT2D eigenvalue weighted by Gasteiger charge is 2.38. The Morgan fingerprint density at radius 2 is 0.967 bits per heavy atom. The Kier molecular flexibility index (Phi) is 6.25. The highest BCUT2D eigenvalue weighted by atomic mass is 16.4. The lowest BCUT2D eigenvalue weighted by Crippen LogP contribution is -2.33. The Balaban J connectivity index is 0.000000171. The van der Waals surface area contributed by atoms with E-state index in [0.717, 1.165) is 36.8 Å². The van der Waals surface area contributed by atoms with Gasteiger partial charge in [0, 0.05) is 12.2 Å². The Hall–Kier alpha value is -3.14. The van der Waals surface area contributed by atoms with Crippen LogP contribution in [0.15, 0.2) is 84.0 Å². The van der Waals surface area contributed by atoms with Crippen LogP contribution in [0.3, 0.4) is 0 Å². The van der Waals surface area contributed by atoms with Crippen molar-refractivity contribution in [3.05, 3.63) is 95.1 Å². The molecule has 2 aliphatic carbocycles. The van der Waals surface area contributed by atoms with Gasteiger partial charge in [-0.15, -0.1) is 0 Å². The van der Waals surface area contributed by atoms with Crippen LogP contribution in [0.5, 0.6) is 0 Å². The summed E-state index contributed by atoms with van der Waals surface area (Å²) >= 11 is 0. The fourth-order valence-electron chi connectivity index (χ4n) is 4.54. The second-order valence-electron chi connectivity index (χ2n) is 8.84. The Bertz CT molecular complexity index is 873. The number of carboxylic acids is 2. The van der Waals surface area contributed by atoms with Crippen LogP contribution in [0.4, 0.5) is 0 Å². The third-order valence-corrected chi connectivity index (χ3v) is 6.07. The van der Waals surface area contributed by atoms with E-state index >= 15 is 0 Å². The quantitative estimate of drug-likeness (QED) is 0.660. The molecule has 2 saturated carbocycles. The minimum absolute atomic E-state index is 0.141. The zero-order valence-electron chi connectivity index (χ0n) is 17.5. The Morgan fingerprint density at radius 3 is 1.23 bits per heavy atom. The van der Waals surface area contributed by atoms with Crippen LogP contribution in [0.25, 0.3) is 0 Å². The molecule has 0 spiro atoms. The van der Waals surface area contributed by atoms with E-state index in [1.54, 1.807) is 0 Å². The molecule has 4 rings (SSSR count). The van der Waals surface area contributed by atoms with Crippen molar-refractivity contribution in [1.29, 1.82) is 0 Å². The highest BCUT2D eigenvalue weighted by molar-refractivity contribution is 5.81. The first-order valence-corrected chi connectivity index (χ1v) is 10.2. The van der Waals surface area contributed by atoms with Gasteiger partial charge in [0.1, 0.15) is 0 Å². The average Bonchev–Trinajstić information content (AvgIpc) is 2.66. The predicted molar refractivity (Wildman–Crippen MR) is 117 cm³/mol. The van der Waals surface area contributed by atoms with Crippen molar-refractivity contribution in [2.75, 3.05) is 0 Å². The van der Waals surface area contributed by atoms with Crippen LogP contribution in [-0.2, 0) is 20.4 Å². The molecule has 0 radical (unpaired) electrons. The predicted octanol–water partition coefficient (Wildman–Crippen LogP) is 5.50. The monoisotopic (exact) mass is 404 g/mol. The molecule has 0 amide bonds. The van der Waals surface area contributed by atoms with E-state index in [-0.39, 0.29) is 10.8 Å². The molecule has 30 heavy (non-hydrogen) atoms. The second-order valence-corrected chi connectivity index (χ2v) is 8.84. The lowest BCUT2D eigenvalue weighted by atomic mass is 9.63. The van der Waals surface area contributed by atoms with Gasteiger partial charge in [-0.2, -0.15) is 0 Å². The summed E-state index contributed by atoms with van der Waals surface area (Å²) in [4.78, 5) is 20.9. The molecule has 0 bridgehead atoms. The number of benzene rings is 2. The van der Waals surface area contributed by atoms with E-state index in [9.17, 15) is 9.59 Å². The molecule has 0 saturated heterocycles. The third kappa shape index (κ3) is 5.07. The highest BCUT2D eigenvalue weighted by Crippen LogP contribution is 2.47. The zero-order chi connectivity index (χ0) is 21.8. The number of carbonyl (C=O) groups is 2. The smallest absolute Gasteiger partial charge is 0.328 e. The average molecular weight is 405 g/mol. The molecule has 2 aromatic carbocycles. The van der Waals surface area contributed by atoms with Crippen LogP contribution in [0.2, 0.25) is 0 Å². The molecule has 156 valence electrons. The summed E-state index contributed by atoms with van der Waals surface area (Å²) in [7, 11) is 0. The minimum atomic E-state index is -0.833. The summed E-state index contributed by atoms with van der Waals surface area (Å²) < 4.78 is 0. The van der Waals surface area contributed by atoms with Gasteiger partial charge in [0.2, 0.25) is 0 Å². The number of hydrogen-bond acceptors (Lipinski definition) is 2. The zero-order valence-corrected chi connectivity index (χ0v) is 17.5. The van der Waals surface area contributed by atoms with Gasteiger partial charge in [0.05, 0.1) is 0 Å². The maximum Gasteiger partial charge on any atom is 0.328 e. The molecule has 2 aliphatic rings. The topological polar surface area (TPSA) is 74.6 Å². The van der Waals surface area contributed by atoms with Gasteiger partial charge in [-0.05, 0) is 47.6 Å². The fraction of sp³-hybridized carbons (Fsp3) is 0.308. The largest absolute Gasteiger partial charge is 0.478 e. The maximum atomic E-state index is 10.5. The van der Waals surface area contributed by atoms with E-state index in [1.807, 2.05) is 36.4 Å². The van der Waals surface area contributed by atoms with E-state index in [2.05, 4.69) is 38.1 Å². The van der Waals surface area contributed by atoms with Gasteiger partial charge in [-0.1, -0.05) is 85.7 Å². The summed E-state index contributed by atoms with van der Waals surface area (Å²) in [6.45, 7) is 4.36. The standard InChI is InChI=1S/2C13H14O2/c2*1-13(11-5-3-2-4-6-11)8-10(9-13)7-12(14)15/h2*2-7H,8-9H2,1H3,(H,14,15). The minimum Gasteiger partial charge on any atom is -0.478 e. The van der Waals surface area contributed by atoms with Crippen molar-refractivity contribution >= 4 is 11.9 Å². The van der Waals surface area contributed by atoms with E-state index in [4.69, 9.17) is 10.2 Å². The van der Waals surface area contributed by atoms with Crippen molar-refractivity contribution in [2.24, 2.45) is 0 Å². The summed E-state index contributed by atoms with van der Waals surface area (Å²) in [6, 6.07) is 20.5. The molecular formula is C26H28O4. The molecule has 2 aromatic rings. The number of hydrogen-bond donors (Lipinski definition) is 2. The van der Waals surface area contributed by atoms with Crippen molar-refractivity contribution in [1.82, 2.24) is 0 Å². The molecule has 2 N–H and O–H groups in total. The molecular weight excluding hydrogens is 376 g/mol. The first-order chi connectivity index (χ1) is 14.2. The van der Waals surface area contributed by atoms with Crippen LogP contribution < -0.4 is 0 Å². The van der Waals surface area contributed by atoms with Crippen molar-refractivity contribution in [2.45, 2.75) is 50.4 Å². The lowest BCUT2D eigenvalue weighted by Gasteiger charge is -2.41. The van der Waals surface area contributed by atoms with Crippen molar-refractivity contribution in [3.8, 4) is 0 Å². The van der Waals surface area contributed by atoms with E-state index < -0.39 is 11.9 Å². The van der Waals surface area contributed by atoms with Gasteiger partial charge < -0.3 is 10.2 Å². The van der Waals surface area contributed by atoms with E-state index in [1.165, 1.54) is 23.3 Å². The Labute approximate surface area is 177 Å². The van der Waals surface area contributed by atoms with Gasteiger partial charge in [0.25, 0.3) is 0 Å². The molecule has 2 fully saturated rings. The first-order valence-electron chi connectivity index (χ1n) is 10.2. The second kappa shape index (κ2) is 8.70. The molecule has 0 unspecified atom stereocenters. The normalized spacial score (nSPS) is 24.5. The molecule has 0 aromatic heterocycles. The summed E-state index contributed by atoms with van der Waals surface area (Å²) in [5, 5.41) is 17.2. The Morgan fingerprint density at radius 1 is 0.667 bits per heavy atom.